The Morgan fingerprint density at radius 2 is 2.14 bits per heavy atom. The van der Waals surface area contributed by atoms with E-state index in [1.165, 1.54) is 12.3 Å². The topological polar surface area (TPSA) is 105 Å². The lowest BCUT2D eigenvalue weighted by molar-refractivity contribution is -0.385. The lowest BCUT2D eigenvalue weighted by Crippen LogP contribution is -2.19. The number of nitro groups is 1. The molecule has 3 heterocycles. The first-order valence-electron chi connectivity index (χ1n) is 6.40. The predicted molar refractivity (Wildman–Crippen MR) is 75.1 cm³/mol. The molecule has 3 rings (SSSR count). The molecule has 2 aromatic rings. The van der Waals surface area contributed by atoms with Crippen LogP contribution in [0.25, 0.3) is 0 Å². The minimum Gasteiger partial charge on any atom is -0.346 e. The first-order chi connectivity index (χ1) is 9.95. The standard InChI is InChI=1S/C13H13N5O3/c1-7-3-9(18(20)21)4-14-12(7)17-5-10-11(6-17)15-8(2)16-13(10)19/h3-4H,5-6H2,1-2H3,(H,15,16,19). The number of nitrogens with zero attached hydrogens (tertiary/aromatic N) is 4. The van der Waals surface area contributed by atoms with Crippen molar-refractivity contribution in [1.82, 2.24) is 15.0 Å². The van der Waals surface area contributed by atoms with Crippen LogP contribution in [0.1, 0.15) is 22.6 Å². The summed E-state index contributed by atoms with van der Waals surface area (Å²) in [5.41, 5.74) is 1.88. The lowest BCUT2D eigenvalue weighted by atomic mass is 10.2. The number of hydrogen-bond acceptors (Lipinski definition) is 6. The first-order valence-corrected chi connectivity index (χ1v) is 6.40. The molecular formula is C13H13N5O3. The van der Waals surface area contributed by atoms with Gasteiger partial charge < -0.3 is 9.88 Å². The van der Waals surface area contributed by atoms with Crippen LogP contribution in [0.5, 0.6) is 0 Å². The highest BCUT2D eigenvalue weighted by molar-refractivity contribution is 5.53. The molecule has 108 valence electrons. The van der Waals surface area contributed by atoms with E-state index in [0.717, 1.165) is 5.69 Å². The molecule has 0 bridgehead atoms. The Balaban J connectivity index is 1.96. The second-order valence-electron chi connectivity index (χ2n) is 5.02. The molecule has 0 saturated carbocycles. The molecule has 0 spiro atoms. The molecule has 0 fully saturated rings. The third-order valence-corrected chi connectivity index (χ3v) is 3.46. The highest BCUT2D eigenvalue weighted by atomic mass is 16.6. The summed E-state index contributed by atoms with van der Waals surface area (Å²) in [4.78, 5) is 35.2. The summed E-state index contributed by atoms with van der Waals surface area (Å²) < 4.78 is 0. The fraction of sp³-hybridized carbons (Fsp3) is 0.308. The number of aryl methyl sites for hydroxylation is 2. The van der Waals surface area contributed by atoms with Gasteiger partial charge in [-0.05, 0) is 19.4 Å². The number of rotatable bonds is 2. The van der Waals surface area contributed by atoms with E-state index in [-0.39, 0.29) is 11.2 Å². The van der Waals surface area contributed by atoms with Crippen LogP contribution in [-0.2, 0) is 13.1 Å². The molecule has 1 aliphatic heterocycles. The second-order valence-corrected chi connectivity index (χ2v) is 5.02. The summed E-state index contributed by atoms with van der Waals surface area (Å²) in [7, 11) is 0. The number of H-pyrrole nitrogens is 1. The number of hydrogen-bond donors (Lipinski definition) is 1. The summed E-state index contributed by atoms with van der Waals surface area (Å²) in [5.74, 6) is 1.21. The number of anilines is 1. The SMILES string of the molecule is Cc1nc2c(c(=O)[nH]1)CN(c1ncc([N+](=O)[O-])cc1C)C2. The fourth-order valence-electron chi connectivity index (χ4n) is 2.52. The van der Waals surface area contributed by atoms with Crippen LogP contribution in [0, 0.1) is 24.0 Å². The van der Waals surface area contributed by atoms with Crippen LogP contribution in [0.4, 0.5) is 11.5 Å². The van der Waals surface area contributed by atoms with Gasteiger partial charge in [-0.1, -0.05) is 0 Å². The van der Waals surface area contributed by atoms with Gasteiger partial charge in [0.25, 0.3) is 11.2 Å². The number of aromatic nitrogens is 3. The molecule has 2 aromatic heterocycles. The van der Waals surface area contributed by atoms with Crippen molar-refractivity contribution in [1.29, 1.82) is 0 Å². The molecule has 1 aliphatic rings. The molecule has 21 heavy (non-hydrogen) atoms. The van der Waals surface area contributed by atoms with Crippen molar-refractivity contribution in [2.75, 3.05) is 4.90 Å². The fourth-order valence-corrected chi connectivity index (χ4v) is 2.52. The highest BCUT2D eigenvalue weighted by Gasteiger charge is 2.26. The van der Waals surface area contributed by atoms with Gasteiger partial charge >= 0.3 is 0 Å². The molecule has 8 heteroatoms. The first kappa shape index (κ1) is 13.2. The third kappa shape index (κ3) is 2.24. The predicted octanol–water partition coefficient (Wildman–Crippen LogP) is 1.21. The van der Waals surface area contributed by atoms with Gasteiger partial charge in [0, 0.05) is 6.07 Å². The molecule has 0 atom stereocenters. The zero-order valence-corrected chi connectivity index (χ0v) is 11.6. The molecule has 0 amide bonds. The van der Waals surface area contributed by atoms with Crippen LogP contribution in [0.15, 0.2) is 17.1 Å². The number of nitrogens with one attached hydrogen (secondary N) is 1. The average Bonchev–Trinajstić information content (AvgIpc) is 2.82. The quantitative estimate of drug-likeness (QED) is 0.657. The molecule has 0 aliphatic carbocycles. The normalized spacial score (nSPS) is 13.3. The Morgan fingerprint density at radius 1 is 1.38 bits per heavy atom. The van der Waals surface area contributed by atoms with Crippen LogP contribution in [0.2, 0.25) is 0 Å². The molecule has 0 radical (unpaired) electrons. The van der Waals surface area contributed by atoms with E-state index in [0.29, 0.717) is 35.9 Å². The largest absolute Gasteiger partial charge is 0.346 e. The average molecular weight is 287 g/mol. The van der Waals surface area contributed by atoms with E-state index in [9.17, 15) is 14.9 Å². The maximum atomic E-state index is 11.9. The Labute approximate surface area is 119 Å². The number of aromatic amines is 1. The molecule has 0 unspecified atom stereocenters. The van der Waals surface area contributed by atoms with Gasteiger partial charge in [0.2, 0.25) is 0 Å². The lowest BCUT2D eigenvalue weighted by Gasteiger charge is -2.17. The number of pyridine rings is 1. The van der Waals surface area contributed by atoms with Crippen LogP contribution in [-0.4, -0.2) is 19.9 Å². The molecule has 0 aromatic carbocycles. The third-order valence-electron chi connectivity index (χ3n) is 3.46. The summed E-state index contributed by atoms with van der Waals surface area (Å²) in [6.45, 7) is 4.39. The van der Waals surface area contributed by atoms with E-state index < -0.39 is 4.92 Å². The van der Waals surface area contributed by atoms with Gasteiger partial charge in [-0.15, -0.1) is 0 Å². The van der Waals surface area contributed by atoms with E-state index >= 15 is 0 Å². The molecular weight excluding hydrogens is 274 g/mol. The zero-order valence-electron chi connectivity index (χ0n) is 11.6. The van der Waals surface area contributed by atoms with Gasteiger partial charge in [-0.25, -0.2) is 9.97 Å². The minimum absolute atomic E-state index is 0.0419. The summed E-state index contributed by atoms with van der Waals surface area (Å²) in [5, 5.41) is 10.7. The Kier molecular flexibility index (Phi) is 2.93. The van der Waals surface area contributed by atoms with Gasteiger partial charge in [0.15, 0.2) is 0 Å². The van der Waals surface area contributed by atoms with Crippen molar-refractivity contribution in [3.05, 3.63) is 55.4 Å². The highest BCUT2D eigenvalue weighted by Crippen LogP contribution is 2.28. The van der Waals surface area contributed by atoms with Crippen molar-refractivity contribution in [2.24, 2.45) is 0 Å². The minimum atomic E-state index is -0.474. The molecule has 1 N–H and O–H groups in total. The van der Waals surface area contributed by atoms with Crippen molar-refractivity contribution in [3.8, 4) is 0 Å². The van der Waals surface area contributed by atoms with E-state index in [4.69, 9.17) is 0 Å². The van der Waals surface area contributed by atoms with Crippen molar-refractivity contribution in [3.63, 3.8) is 0 Å². The molecule has 8 nitrogen and oxygen atoms in total. The summed E-state index contributed by atoms with van der Waals surface area (Å²) >= 11 is 0. The van der Waals surface area contributed by atoms with Gasteiger partial charge in [-0.3, -0.25) is 14.9 Å². The van der Waals surface area contributed by atoms with Gasteiger partial charge in [0.05, 0.1) is 29.3 Å². The monoisotopic (exact) mass is 287 g/mol. The van der Waals surface area contributed by atoms with E-state index in [1.54, 1.807) is 13.8 Å². The van der Waals surface area contributed by atoms with Crippen LogP contribution in [0.3, 0.4) is 0 Å². The van der Waals surface area contributed by atoms with Gasteiger partial charge in [0.1, 0.15) is 17.8 Å². The maximum absolute atomic E-state index is 11.9. The van der Waals surface area contributed by atoms with Crippen LogP contribution < -0.4 is 10.5 Å². The van der Waals surface area contributed by atoms with Crippen LogP contribution >= 0.6 is 0 Å². The second kappa shape index (κ2) is 4.65. The Hall–Kier alpha value is -2.77. The summed E-state index contributed by atoms with van der Waals surface area (Å²) in [6.07, 6.45) is 1.23. The van der Waals surface area contributed by atoms with E-state index in [1.807, 2.05) is 4.90 Å². The Morgan fingerprint density at radius 3 is 2.81 bits per heavy atom. The number of fused-ring (bicyclic) bond motifs is 1. The molecule has 0 saturated heterocycles. The maximum Gasteiger partial charge on any atom is 0.287 e. The summed E-state index contributed by atoms with van der Waals surface area (Å²) in [6, 6.07) is 1.48. The van der Waals surface area contributed by atoms with Gasteiger partial charge in [-0.2, -0.15) is 0 Å². The van der Waals surface area contributed by atoms with Crippen molar-refractivity contribution in [2.45, 2.75) is 26.9 Å². The van der Waals surface area contributed by atoms with Crippen molar-refractivity contribution >= 4 is 11.5 Å². The zero-order chi connectivity index (χ0) is 15.1. The smallest absolute Gasteiger partial charge is 0.287 e. The van der Waals surface area contributed by atoms with E-state index in [2.05, 4.69) is 15.0 Å². The Bertz CT molecular complexity index is 799. The van der Waals surface area contributed by atoms with Crippen molar-refractivity contribution < 1.29 is 4.92 Å².